The van der Waals surface area contributed by atoms with Crippen molar-refractivity contribution >= 4 is 34.7 Å². The smallest absolute Gasteiger partial charge is 0.243 e. The van der Waals surface area contributed by atoms with Gasteiger partial charge in [-0.05, 0) is 62.6 Å². The van der Waals surface area contributed by atoms with E-state index in [9.17, 15) is 14.4 Å². The molecule has 1 aromatic heterocycles. The number of hydrogen-bond donors (Lipinski definition) is 3. The molecule has 3 aliphatic rings. The summed E-state index contributed by atoms with van der Waals surface area (Å²) in [5.41, 5.74) is 3.04. The van der Waals surface area contributed by atoms with Crippen LogP contribution in [0.3, 0.4) is 0 Å². The van der Waals surface area contributed by atoms with Crippen molar-refractivity contribution in [2.75, 3.05) is 38.2 Å². The maximum absolute atomic E-state index is 13.9. The molecular formula is C36H43N5O4S. The standard InChI is InChI=1S/C36H43N5O4S/c1-25-37-32(24-46-25)27-11-7-12-29(21-27)38-33(42)23-41-17-13-30-28(22-41)10-5-6-14-36(15-18-45-19-16-36)35(44)40-31(34(43)39-30)20-26-8-3-2-4-9-26/h2-9,11-12,21,24,28,30-31H,10,13-20,22-23H2,1H3,(H,38,42)(H,39,43)(H,40,44)/b6-5+/t28-,30+,31-/m1/s1. The third-order valence-corrected chi connectivity index (χ3v) is 10.3. The number of ether oxygens (including phenoxy) is 1. The van der Waals surface area contributed by atoms with Gasteiger partial charge in [0.15, 0.2) is 0 Å². The summed E-state index contributed by atoms with van der Waals surface area (Å²) in [6, 6.07) is 16.9. The Morgan fingerprint density at radius 3 is 2.70 bits per heavy atom. The van der Waals surface area contributed by atoms with Crippen LogP contribution in [-0.4, -0.2) is 72.5 Å². The molecule has 3 N–H and O–H groups in total. The summed E-state index contributed by atoms with van der Waals surface area (Å²) >= 11 is 1.61. The monoisotopic (exact) mass is 641 g/mol. The fourth-order valence-electron chi connectivity index (χ4n) is 6.86. The lowest BCUT2D eigenvalue weighted by molar-refractivity contribution is -0.140. The summed E-state index contributed by atoms with van der Waals surface area (Å²) < 4.78 is 5.62. The van der Waals surface area contributed by atoms with Gasteiger partial charge in [-0.2, -0.15) is 0 Å². The number of thiazole rings is 1. The maximum Gasteiger partial charge on any atom is 0.243 e. The predicted octanol–water partition coefficient (Wildman–Crippen LogP) is 4.74. The van der Waals surface area contributed by atoms with Gasteiger partial charge in [-0.25, -0.2) is 4.98 Å². The molecule has 3 aliphatic heterocycles. The molecule has 10 heteroatoms. The molecule has 0 unspecified atom stereocenters. The highest BCUT2D eigenvalue weighted by molar-refractivity contribution is 7.09. The van der Waals surface area contributed by atoms with Gasteiger partial charge in [-0.3, -0.25) is 19.3 Å². The van der Waals surface area contributed by atoms with E-state index in [-0.39, 0.29) is 36.2 Å². The second-order valence-corrected chi connectivity index (χ2v) is 13.9. The number of anilines is 1. The predicted molar refractivity (Wildman–Crippen MR) is 180 cm³/mol. The van der Waals surface area contributed by atoms with Gasteiger partial charge >= 0.3 is 0 Å². The van der Waals surface area contributed by atoms with Crippen LogP contribution in [0.2, 0.25) is 0 Å². The van der Waals surface area contributed by atoms with Gasteiger partial charge in [0.25, 0.3) is 0 Å². The molecule has 9 nitrogen and oxygen atoms in total. The molecule has 242 valence electrons. The van der Waals surface area contributed by atoms with E-state index in [1.54, 1.807) is 11.3 Å². The van der Waals surface area contributed by atoms with Gasteiger partial charge < -0.3 is 20.7 Å². The second kappa shape index (κ2) is 14.7. The Balaban J connectivity index is 1.14. The molecule has 1 spiro atoms. The van der Waals surface area contributed by atoms with E-state index in [2.05, 4.69) is 38.0 Å². The lowest BCUT2D eigenvalue weighted by atomic mass is 9.75. The summed E-state index contributed by atoms with van der Waals surface area (Å²) in [6.07, 6.45) is 8.08. The van der Waals surface area contributed by atoms with Crippen molar-refractivity contribution in [2.24, 2.45) is 11.3 Å². The fourth-order valence-corrected chi connectivity index (χ4v) is 7.48. The summed E-state index contributed by atoms with van der Waals surface area (Å²) in [5, 5.41) is 12.6. The SMILES string of the molecule is Cc1nc(-c2cccc(NC(=O)CN3CC[C@@H]4NC(=O)[C@@H](Cc5ccccc5)NC(=O)C5(C/C=C/C[C@@H]4C3)CCOCC5)c2)cs1. The molecule has 6 rings (SSSR count). The first-order valence-electron chi connectivity index (χ1n) is 16.3. The molecular weight excluding hydrogens is 598 g/mol. The third kappa shape index (κ3) is 7.92. The molecule has 2 aromatic carbocycles. The average molecular weight is 642 g/mol. The fraction of sp³-hybridized carbons (Fsp3) is 0.444. The van der Waals surface area contributed by atoms with E-state index in [0.29, 0.717) is 52.0 Å². The van der Waals surface area contributed by atoms with Gasteiger partial charge in [-0.15, -0.1) is 11.3 Å². The van der Waals surface area contributed by atoms with Crippen molar-refractivity contribution < 1.29 is 19.1 Å². The number of likely N-dealkylation sites (tertiary alicyclic amines) is 1. The number of benzene rings is 2. The number of nitrogens with one attached hydrogen (secondary N) is 3. The van der Waals surface area contributed by atoms with Gasteiger partial charge in [0, 0.05) is 55.4 Å². The van der Waals surface area contributed by atoms with Crippen LogP contribution in [0.25, 0.3) is 11.3 Å². The number of carbonyl (C=O) groups is 3. The highest BCUT2D eigenvalue weighted by Crippen LogP contribution is 2.36. The minimum Gasteiger partial charge on any atom is -0.381 e. The van der Waals surface area contributed by atoms with Crippen molar-refractivity contribution in [3.8, 4) is 11.3 Å². The molecule has 46 heavy (non-hydrogen) atoms. The molecule has 0 aliphatic carbocycles. The normalized spacial score (nSPS) is 24.5. The summed E-state index contributed by atoms with van der Waals surface area (Å²) in [7, 11) is 0. The number of hydrogen-bond acceptors (Lipinski definition) is 7. The second-order valence-electron chi connectivity index (χ2n) is 12.8. The number of rotatable bonds is 6. The molecule has 0 radical (unpaired) electrons. The molecule has 3 aromatic rings. The van der Waals surface area contributed by atoms with E-state index in [1.165, 1.54) is 0 Å². The number of aryl methyl sites for hydroxylation is 1. The van der Waals surface area contributed by atoms with E-state index >= 15 is 0 Å². The lowest BCUT2D eigenvalue weighted by Crippen LogP contribution is -2.58. The van der Waals surface area contributed by atoms with Crippen molar-refractivity contribution in [3.63, 3.8) is 0 Å². The number of carbonyl (C=O) groups excluding carboxylic acids is 3. The van der Waals surface area contributed by atoms with Crippen LogP contribution in [0.15, 0.2) is 72.1 Å². The van der Waals surface area contributed by atoms with Crippen molar-refractivity contribution in [1.82, 2.24) is 20.5 Å². The first kappa shape index (κ1) is 32.1. The largest absolute Gasteiger partial charge is 0.381 e. The zero-order valence-electron chi connectivity index (χ0n) is 26.4. The number of fused-ring (bicyclic) bond motifs is 1. The van der Waals surface area contributed by atoms with Crippen molar-refractivity contribution in [1.29, 1.82) is 0 Å². The maximum atomic E-state index is 13.9. The Morgan fingerprint density at radius 2 is 1.91 bits per heavy atom. The number of amides is 3. The van der Waals surface area contributed by atoms with Crippen molar-refractivity contribution in [2.45, 2.75) is 57.5 Å². The van der Waals surface area contributed by atoms with E-state index in [4.69, 9.17) is 4.74 Å². The molecule has 3 atom stereocenters. The molecule has 4 heterocycles. The Bertz CT molecular complexity index is 1550. The number of aromatic nitrogens is 1. The highest BCUT2D eigenvalue weighted by atomic mass is 32.1. The molecule has 0 bridgehead atoms. The van der Waals surface area contributed by atoms with Crippen LogP contribution >= 0.6 is 11.3 Å². The zero-order valence-corrected chi connectivity index (χ0v) is 27.2. The first-order chi connectivity index (χ1) is 22.4. The Labute approximate surface area is 274 Å². The van der Waals surface area contributed by atoms with Gasteiger partial charge in [0.1, 0.15) is 6.04 Å². The van der Waals surface area contributed by atoms with E-state index in [1.807, 2.05) is 66.9 Å². The Kier molecular flexibility index (Phi) is 10.3. The summed E-state index contributed by atoms with van der Waals surface area (Å²) in [4.78, 5) is 47.5. The first-order valence-corrected chi connectivity index (χ1v) is 17.2. The van der Waals surface area contributed by atoms with Crippen LogP contribution in [-0.2, 0) is 25.5 Å². The zero-order chi connectivity index (χ0) is 31.9. The molecule has 2 fully saturated rings. The minimum atomic E-state index is -0.675. The van der Waals surface area contributed by atoms with Crippen LogP contribution < -0.4 is 16.0 Å². The molecule has 3 amide bonds. The quantitative estimate of drug-likeness (QED) is 0.336. The van der Waals surface area contributed by atoms with Crippen LogP contribution in [0.1, 0.15) is 42.7 Å². The molecule has 0 saturated carbocycles. The summed E-state index contributed by atoms with van der Waals surface area (Å²) in [6.45, 7) is 4.71. The van der Waals surface area contributed by atoms with Crippen LogP contribution in [0, 0.1) is 18.3 Å². The third-order valence-electron chi connectivity index (χ3n) is 9.52. The van der Waals surface area contributed by atoms with Crippen LogP contribution in [0.4, 0.5) is 5.69 Å². The van der Waals surface area contributed by atoms with Crippen molar-refractivity contribution in [3.05, 3.63) is 82.7 Å². The number of nitrogens with zero attached hydrogens (tertiary/aromatic N) is 2. The number of allylic oxidation sites excluding steroid dienone is 2. The number of piperidine rings is 1. The van der Waals surface area contributed by atoms with Gasteiger partial charge in [0.05, 0.1) is 22.7 Å². The Hall–Kier alpha value is -3.86. The van der Waals surface area contributed by atoms with Gasteiger partial charge in [0.2, 0.25) is 17.7 Å². The van der Waals surface area contributed by atoms with E-state index < -0.39 is 11.5 Å². The molecule has 2 saturated heterocycles. The Morgan fingerprint density at radius 1 is 1.09 bits per heavy atom. The highest BCUT2D eigenvalue weighted by Gasteiger charge is 2.41. The average Bonchev–Trinajstić information content (AvgIpc) is 3.50. The van der Waals surface area contributed by atoms with Gasteiger partial charge in [-0.1, -0.05) is 54.6 Å². The van der Waals surface area contributed by atoms with Crippen LogP contribution in [0.5, 0.6) is 0 Å². The van der Waals surface area contributed by atoms with E-state index in [0.717, 1.165) is 40.4 Å². The lowest BCUT2D eigenvalue weighted by Gasteiger charge is -2.40. The summed E-state index contributed by atoms with van der Waals surface area (Å²) in [5.74, 6) is -0.150. The minimum absolute atomic E-state index is 0.0543. The topological polar surface area (TPSA) is 113 Å².